The van der Waals surface area contributed by atoms with E-state index in [0.29, 0.717) is 17.3 Å². The Morgan fingerprint density at radius 3 is 2.62 bits per heavy atom. The van der Waals surface area contributed by atoms with Crippen LogP contribution in [-0.4, -0.2) is 35.0 Å². The standard InChI is InChI=1S/C26H21N7O/c34-26(23-15-22(8-11-28-23)32-16-24(30-17-32)18-4-5-18)31-20-3-1-2-19(14-20)25-29-12-13-33(25)21-6-9-27-10-7-21/h1-3,6-18H,4-5H2,(H,31,34). The van der Waals surface area contributed by atoms with Crippen molar-refractivity contribution in [3.05, 3.63) is 103 Å². The third kappa shape index (κ3) is 3.97. The lowest BCUT2D eigenvalue weighted by Crippen LogP contribution is -2.14. The van der Waals surface area contributed by atoms with E-state index in [1.54, 1.807) is 37.2 Å². The smallest absolute Gasteiger partial charge is 0.274 e. The van der Waals surface area contributed by atoms with E-state index in [9.17, 15) is 4.79 Å². The van der Waals surface area contributed by atoms with Gasteiger partial charge in [-0.25, -0.2) is 9.97 Å². The van der Waals surface area contributed by atoms with Gasteiger partial charge < -0.3 is 9.88 Å². The molecule has 0 radical (unpaired) electrons. The highest BCUT2D eigenvalue weighted by atomic mass is 16.1. The fourth-order valence-corrected chi connectivity index (χ4v) is 3.93. The Morgan fingerprint density at radius 1 is 0.912 bits per heavy atom. The van der Waals surface area contributed by atoms with Crippen molar-refractivity contribution in [2.75, 3.05) is 5.32 Å². The highest BCUT2D eigenvalue weighted by molar-refractivity contribution is 6.03. The summed E-state index contributed by atoms with van der Waals surface area (Å²) in [5.74, 6) is 1.07. The minimum absolute atomic E-state index is 0.279. The average molecular weight is 448 g/mol. The van der Waals surface area contributed by atoms with Gasteiger partial charge in [-0.1, -0.05) is 12.1 Å². The molecular weight excluding hydrogens is 426 g/mol. The predicted octanol–water partition coefficient (Wildman–Crippen LogP) is 4.64. The second-order valence-corrected chi connectivity index (χ2v) is 8.24. The molecule has 6 rings (SSSR count). The summed E-state index contributed by atoms with van der Waals surface area (Å²) in [6.07, 6.45) is 15.0. The van der Waals surface area contributed by atoms with E-state index < -0.39 is 0 Å². The fraction of sp³-hybridized carbons (Fsp3) is 0.115. The number of nitrogens with one attached hydrogen (secondary N) is 1. The van der Waals surface area contributed by atoms with Crippen molar-refractivity contribution >= 4 is 11.6 Å². The zero-order valence-corrected chi connectivity index (χ0v) is 18.2. The molecule has 1 fully saturated rings. The van der Waals surface area contributed by atoms with E-state index in [4.69, 9.17) is 0 Å². The number of carbonyl (C=O) groups excluding carboxylic acids is 1. The van der Waals surface area contributed by atoms with Gasteiger partial charge >= 0.3 is 0 Å². The Labute approximate surface area is 196 Å². The normalized spacial score (nSPS) is 13.1. The maximum atomic E-state index is 13.0. The van der Waals surface area contributed by atoms with Gasteiger partial charge in [0.2, 0.25) is 0 Å². The molecule has 0 spiro atoms. The summed E-state index contributed by atoms with van der Waals surface area (Å²) >= 11 is 0. The van der Waals surface area contributed by atoms with Gasteiger partial charge in [0.25, 0.3) is 5.91 Å². The van der Waals surface area contributed by atoms with Crippen molar-refractivity contribution in [1.29, 1.82) is 0 Å². The summed E-state index contributed by atoms with van der Waals surface area (Å²) in [5.41, 5.74) is 4.80. The van der Waals surface area contributed by atoms with Crippen LogP contribution in [0.25, 0.3) is 22.8 Å². The molecule has 166 valence electrons. The maximum Gasteiger partial charge on any atom is 0.274 e. The topological polar surface area (TPSA) is 90.5 Å². The molecule has 0 bridgehead atoms. The molecule has 1 aliphatic rings. The highest BCUT2D eigenvalue weighted by Gasteiger charge is 2.25. The van der Waals surface area contributed by atoms with E-state index in [1.807, 2.05) is 64.0 Å². The lowest BCUT2D eigenvalue weighted by atomic mass is 10.1. The van der Waals surface area contributed by atoms with Crippen LogP contribution in [0.2, 0.25) is 0 Å². The van der Waals surface area contributed by atoms with E-state index in [-0.39, 0.29) is 5.91 Å². The Hall–Kier alpha value is -4.59. The van der Waals surface area contributed by atoms with Crippen LogP contribution in [0.15, 0.2) is 92.0 Å². The molecule has 0 atom stereocenters. The lowest BCUT2D eigenvalue weighted by molar-refractivity contribution is 0.102. The maximum absolute atomic E-state index is 13.0. The predicted molar refractivity (Wildman–Crippen MR) is 128 cm³/mol. The zero-order valence-electron chi connectivity index (χ0n) is 18.2. The van der Waals surface area contributed by atoms with Crippen molar-refractivity contribution in [3.8, 4) is 22.8 Å². The number of carbonyl (C=O) groups is 1. The number of imidazole rings is 2. The molecule has 34 heavy (non-hydrogen) atoms. The first-order valence-electron chi connectivity index (χ1n) is 11.1. The Balaban J connectivity index is 1.23. The van der Waals surface area contributed by atoms with Crippen molar-refractivity contribution in [3.63, 3.8) is 0 Å². The van der Waals surface area contributed by atoms with Crippen LogP contribution in [0.1, 0.15) is 34.9 Å². The summed E-state index contributed by atoms with van der Waals surface area (Å²) in [6.45, 7) is 0. The number of nitrogens with zero attached hydrogens (tertiary/aromatic N) is 6. The van der Waals surface area contributed by atoms with Gasteiger partial charge in [-0.3, -0.25) is 19.3 Å². The highest BCUT2D eigenvalue weighted by Crippen LogP contribution is 2.39. The molecule has 4 aromatic heterocycles. The number of anilines is 1. The lowest BCUT2D eigenvalue weighted by Gasteiger charge is -2.10. The summed E-state index contributed by atoms with van der Waals surface area (Å²) in [6, 6.07) is 15.1. The Bertz CT molecular complexity index is 1470. The van der Waals surface area contributed by atoms with Gasteiger partial charge in [0.05, 0.1) is 23.4 Å². The molecule has 1 amide bonds. The molecule has 1 N–H and O–H groups in total. The van der Waals surface area contributed by atoms with E-state index >= 15 is 0 Å². The third-order valence-electron chi connectivity index (χ3n) is 5.83. The van der Waals surface area contributed by atoms with Gasteiger partial charge in [0.1, 0.15) is 11.5 Å². The number of hydrogen-bond donors (Lipinski definition) is 1. The van der Waals surface area contributed by atoms with Crippen LogP contribution in [0.4, 0.5) is 5.69 Å². The molecule has 1 aromatic carbocycles. The third-order valence-corrected chi connectivity index (χ3v) is 5.83. The Morgan fingerprint density at radius 2 is 1.76 bits per heavy atom. The number of aromatic nitrogens is 6. The van der Waals surface area contributed by atoms with Gasteiger partial charge in [-0.2, -0.15) is 0 Å². The number of rotatable bonds is 6. The number of hydrogen-bond acceptors (Lipinski definition) is 5. The van der Waals surface area contributed by atoms with Crippen LogP contribution in [0.5, 0.6) is 0 Å². The second-order valence-electron chi connectivity index (χ2n) is 8.24. The second kappa shape index (κ2) is 8.40. The summed E-state index contributed by atoms with van der Waals surface area (Å²) < 4.78 is 3.92. The first-order valence-corrected chi connectivity index (χ1v) is 11.1. The fourth-order valence-electron chi connectivity index (χ4n) is 3.93. The van der Waals surface area contributed by atoms with E-state index in [1.165, 1.54) is 12.8 Å². The number of benzene rings is 1. The van der Waals surface area contributed by atoms with E-state index in [0.717, 1.165) is 28.5 Å². The zero-order chi connectivity index (χ0) is 22.9. The SMILES string of the molecule is O=C(Nc1cccc(-c2nccn2-c2ccncc2)c1)c1cc(-n2cnc(C3CC3)c2)ccn1. The molecule has 0 unspecified atom stereocenters. The quantitative estimate of drug-likeness (QED) is 0.409. The van der Waals surface area contributed by atoms with Gasteiger partial charge in [-0.05, 0) is 49.2 Å². The van der Waals surface area contributed by atoms with Crippen molar-refractivity contribution in [2.24, 2.45) is 0 Å². The minimum Gasteiger partial charge on any atom is -0.321 e. The summed E-state index contributed by atoms with van der Waals surface area (Å²) in [7, 11) is 0. The van der Waals surface area contributed by atoms with Gasteiger partial charge in [-0.15, -0.1) is 0 Å². The number of pyridine rings is 2. The van der Waals surface area contributed by atoms with Crippen LogP contribution in [-0.2, 0) is 0 Å². The molecule has 1 saturated carbocycles. The molecule has 0 saturated heterocycles. The van der Waals surface area contributed by atoms with Crippen molar-refractivity contribution in [1.82, 2.24) is 29.1 Å². The minimum atomic E-state index is -0.279. The van der Waals surface area contributed by atoms with Crippen LogP contribution >= 0.6 is 0 Å². The van der Waals surface area contributed by atoms with Crippen LogP contribution < -0.4 is 5.32 Å². The molecule has 1 aliphatic carbocycles. The first kappa shape index (κ1) is 20.0. The molecule has 8 nitrogen and oxygen atoms in total. The molecular formula is C26H21N7O. The summed E-state index contributed by atoms with van der Waals surface area (Å²) in [5, 5.41) is 2.96. The monoisotopic (exact) mass is 447 g/mol. The Kier molecular flexibility index (Phi) is 4.95. The van der Waals surface area contributed by atoms with E-state index in [2.05, 4.69) is 25.3 Å². The van der Waals surface area contributed by atoms with Crippen molar-refractivity contribution in [2.45, 2.75) is 18.8 Å². The molecule has 0 aliphatic heterocycles. The molecule has 8 heteroatoms. The molecule has 5 aromatic rings. The van der Waals surface area contributed by atoms with Crippen LogP contribution in [0.3, 0.4) is 0 Å². The van der Waals surface area contributed by atoms with Gasteiger partial charge in [0, 0.05) is 54.3 Å². The first-order chi connectivity index (χ1) is 16.7. The van der Waals surface area contributed by atoms with Crippen molar-refractivity contribution < 1.29 is 4.79 Å². The van der Waals surface area contributed by atoms with Gasteiger partial charge in [0.15, 0.2) is 0 Å². The largest absolute Gasteiger partial charge is 0.321 e. The van der Waals surface area contributed by atoms with Crippen LogP contribution in [0, 0.1) is 0 Å². The average Bonchev–Trinajstić information content (AvgIpc) is 3.40. The number of amides is 1. The summed E-state index contributed by atoms with van der Waals surface area (Å²) in [4.78, 5) is 30.3. The molecule has 4 heterocycles.